The molecule has 1 aliphatic rings. The van der Waals surface area contributed by atoms with Gasteiger partial charge in [-0.3, -0.25) is 4.79 Å². The second-order valence-corrected chi connectivity index (χ2v) is 4.94. The lowest BCUT2D eigenvalue weighted by Crippen LogP contribution is -2.41. The molecule has 1 aromatic rings. The van der Waals surface area contributed by atoms with Crippen LogP contribution in [0.25, 0.3) is 0 Å². The highest BCUT2D eigenvalue weighted by molar-refractivity contribution is 5.90. The molecule has 1 aromatic heterocycles. The van der Waals surface area contributed by atoms with E-state index in [9.17, 15) is 9.59 Å². The Morgan fingerprint density at radius 1 is 1.33 bits per heavy atom. The molecule has 8 nitrogen and oxygen atoms in total. The number of rotatable bonds is 4. The van der Waals surface area contributed by atoms with E-state index in [1.54, 1.807) is 6.07 Å². The Hall–Kier alpha value is -2.38. The molecule has 0 bridgehead atoms. The molecule has 2 amide bonds. The summed E-state index contributed by atoms with van der Waals surface area (Å²) in [5, 5.41) is 21.8. The van der Waals surface area contributed by atoms with Crippen LogP contribution in [-0.2, 0) is 4.79 Å². The smallest absolute Gasteiger partial charge is 0.319 e. The minimum atomic E-state index is -0.759. The Bertz CT molecular complexity index is 515. The van der Waals surface area contributed by atoms with Gasteiger partial charge in [-0.05, 0) is 31.7 Å². The van der Waals surface area contributed by atoms with Crippen molar-refractivity contribution in [1.82, 2.24) is 15.5 Å². The summed E-state index contributed by atoms with van der Waals surface area (Å²) in [6, 6.07) is 1.22. The number of anilines is 1. The number of amides is 2. The van der Waals surface area contributed by atoms with Crippen LogP contribution in [0.5, 0.6) is 5.88 Å². The van der Waals surface area contributed by atoms with Crippen LogP contribution in [0.4, 0.5) is 10.5 Å². The maximum Gasteiger partial charge on any atom is 0.319 e. The fourth-order valence-corrected chi connectivity index (χ4v) is 2.39. The molecule has 0 saturated heterocycles. The van der Waals surface area contributed by atoms with Gasteiger partial charge in [0, 0.05) is 6.04 Å². The molecule has 114 valence electrons. The molecule has 2 rings (SSSR count). The first-order valence-electron chi connectivity index (χ1n) is 6.76. The summed E-state index contributed by atoms with van der Waals surface area (Å²) in [4.78, 5) is 22.8. The number of carboxylic acids is 1. The van der Waals surface area contributed by atoms with Crippen molar-refractivity contribution in [2.45, 2.75) is 31.7 Å². The number of carboxylic acid groups (broad SMARTS) is 1. The Kier molecular flexibility index (Phi) is 4.91. The number of hydrogen-bond acceptors (Lipinski definition) is 5. The summed E-state index contributed by atoms with van der Waals surface area (Å²) in [5.41, 5.74) is 0.434. The van der Waals surface area contributed by atoms with Crippen LogP contribution >= 0.6 is 0 Å². The van der Waals surface area contributed by atoms with Gasteiger partial charge in [-0.15, -0.1) is 5.10 Å². The Labute approximate surface area is 121 Å². The zero-order valence-electron chi connectivity index (χ0n) is 11.7. The van der Waals surface area contributed by atoms with E-state index in [-0.39, 0.29) is 23.9 Å². The summed E-state index contributed by atoms with van der Waals surface area (Å²) in [7, 11) is 1.44. The molecule has 0 unspecified atom stereocenters. The largest absolute Gasteiger partial charge is 0.481 e. The van der Waals surface area contributed by atoms with Gasteiger partial charge in [0.15, 0.2) is 0 Å². The second-order valence-electron chi connectivity index (χ2n) is 4.94. The monoisotopic (exact) mass is 294 g/mol. The first kappa shape index (κ1) is 15.0. The Morgan fingerprint density at radius 2 is 2.05 bits per heavy atom. The van der Waals surface area contributed by atoms with Gasteiger partial charge in [0.2, 0.25) is 0 Å². The molecule has 3 N–H and O–H groups in total. The molecular formula is C13H18N4O4. The molecule has 1 saturated carbocycles. The first-order chi connectivity index (χ1) is 10.1. The fourth-order valence-electron chi connectivity index (χ4n) is 2.39. The van der Waals surface area contributed by atoms with Gasteiger partial charge in [0.25, 0.3) is 5.88 Å². The number of methoxy groups -OCH3 is 1. The molecule has 1 heterocycles. The highest BCUT2D eigenvalue weighted by Crippen LogP contribution is 2.24. The molecule has 21 heavy (non-hydrogen) atoms. The van der Waals surface area contributed by atoms with E-state index in [1.807, 2.05) is 0 Å². The van der Waals surface area contributed by atoms with Gasteiger partial charge in [-0.2, -0.15) is 5.10 Å². The quantitative estimate of drug-likeness (QED) is 0.770. The molecular weight excluding hydrogens is 276 g/mol. The number of nitrogens with zero attached hydrogens (tertiary/aromatic N) is 2. The van der Waals surface area contributed by atoms with Crippen LogP contribution in [0.2, 0.25) is 0 Å². The standard InChI is InChI=1S/C13H18N4O4/c1-21-11-10(6-7-14-17-11)16-13(20)15-9-4-2-8(3-5-9)12(18)19/h6-9H,2-5H2,1H3,(H,18,19)(H2,14,15,16,20). The molecule has 8 heteroatoms. The van der Waals surface area contributed by atoms with Crippen LogP contribution < -0.4 is 15.4 Å². The van der Waals surface area contributed by atoms with Crippen LogP contribution in [0.3, 0.4) is 0 Å². The van der Waals surface area contributed by atoms with E-state index in [0.717, 1.165) is 0 Å². The van der Waals surface area contributed by atoms with Crippen LogP contribution in [0.15, 0.2) is 12.3 Å². The predicted octanol–water partition coefficient (Wildman–Crippen LogP) is 1.25. The normalized spacial score (nSPS) is 21.4. The van der Waals surface area contributed by atoms with E-state index < -0.39 is 5.97 Å². The zero-order valence-corrected chi connectivity index (χ0v) is 11.7. The van der Waals surface area contributed by atoms with Gasteiger partial charge in [-0.1, -0.05) is 0 Å². The maximum atomic E-state index is 11.9. The number of carbonyl (C=O) groups excluding carboxylic acids is 1. The summed E-state index contributed by atoms with van der Waals surface area (Å²) in [6.45, 7) is 0. The molecule has 1 fully saturated rings. The topological polar surface area (TPSA) is 113 Å². The molecule has 0 aromatic carbocycles. The summed E-state index contributed by atoms with van der Waals surface area (Å²) >= 11 is 0. The molecule has 0 aliphatic heterocycles. The van der Waals surface area contributed by atoms with Crippen molar-refractivity contribution in [2.24, 2.45) is 5.92 Å². The van der Waals surface area contributed by atoms with E-state index in [1.165, 1.54) is 13.3 Å². The molecule has 0 radical (unpaired) electrons. The van der Waals surface area contributed by atoms with E-state index in [2.05, 4.69) is 20.8 Å². The van der Waals surface area contributed by atoms with Crippen molar-refractivity contribution in [2.75, 3.05) is 12.4 Å². The molecule has 0 atom stereocenters. The highest BCUT2D eigenvalue weighted by Gasteiger charge is 2.26. The van der Waals surface area contributed by atoms with Crippen molar-refractivity contribution in [3.8, 4) is 5.88 Å². The van der Waals surface area contributed by atoms with E-state index in [4.69, 9.17) is 9.84 Å². The van der Waals surface area contributed by atoms with Gasteiger partial charge in [-0.25, -0.2) is 4.79 Å². The second kappa shape index (κ2) is 6.87. The third kappa shape index (κ3) is 4.04. The lowest BCUT2D eigenvalue weighted by atomic mass is 9.86. The van der Waals surface area contributed by atoms with E-state index in [0.29, 0.717) is 31.4 Å². The van der Waals surface area contributed by atoms with Gasteiger partial charge >= 0.3 is 12.0 Å². The Balaban J connectivity index is 1.84. The number of nitrogens with one attached hydrogen (secondary N) is 2. The average Bonchev–Trinajstić information content (AvgIpc) is 2.48. The van der Waals surface area contributed by atoms with Crippen LogP contribution in [-0.4, -0.2) is 40.5 Å². The van der Waals surface area contributed by atoms with E-state index >= 15 is 0 Å². The van der Waals surface area contributed by atoms with Crippen molar-refractivity contribution < 1.29 is 19.4 Å². The summed E-state index contributed by atoms with van der Waals surface area (Å²) in [5.74, 6) is -0.816. The third-order valence-electron chi connectivity index (χ3n) is 3.54. The van der Waals surface area contributed by atoms with Crippen LogP contribution in [0.1, 0.15) is 25.7 Å². The number of carbonyl (C=O) groups is 2. The number of aromatic nitrogens is 2. The first-order valence-corrected chi connectivity index (χ1v) is 6.76. The number of aliphatic carboxylic acids is 1. The Morgan fingerprint density at radius 3 is 2.67 bits per heavy atom. The minimum Gasteiger partial charge on any atom is -0.481 e. The maximum absolute atomic E-state index is 11.9. The molecule has 0 spiro atoms. The SMILES string of the molecule is COc1nnccc1NC(=O)NC1CCC(C(=O)O)CC1. The third-order valence-corrected chi connectivity index (χ3v) is 3.54. The zero-order chi connectivity index (χ0) is 15.2. The lowest BCUT2D eigenvalue weighted by Gasteiger charge is -2.26. The number of hydrogen-bond donors (Lipinski definition) is 3. The van der Waals surface area contributed by atoms with Crippen LogP contribution in [0, 0.1) is 5.92 Å². The average molecular weight is 294 g/mol. The van der Waals surface area contributed by atoms with Gasteiger partial charge in [0.05, 0.1) is 19.2 Å². The van der Waals surface area contributed by atoms with Crippen molar-refractivity contribution >= 4 is 17.7 Å². The fraction of sp³-hybridized carbons (Fsp3) is 0.538. The van der Waals surface area contributed by atoms with Gasteiger partial charge in [0.1, 0.15) is 5.69 Å². The lowest BCUT2D eigenvalue weighted by molar-refractivity contribution is -0.142. The molecule has 1 aliphatic carbocycles. The number of urea groups is 1. The van der Waals surface area contributed by atoms with Crippen molar-refractivity contribution in [3.05, 3.63) is 12.3 Å². The minimum absolute atomic E-state index is 0.0126. The highest BCUT2D eigenvalue weighted by atomic mass is 16.5. The van der Waals surface area contributed by atoms with Crippen molar-refractivity contribution in [1.29, 1.82) is 0 Å². The van der Waals surface area contributed by atoms with Gasteiger partial charge < -0.3 is 20.5 Å². The predicted molar refractivity (Wildman–Crippen MR) is 74.1 cm³/mol. The summed E-state index contributed by atoms with van der Waals surface area (Å²) < 4.78 is 5.00. The summed E-state index contributed by atoms with van der Waals surface area (Å²) in [6.07, 6.45) is 3.95. The number of ether oxygens (including phenoxy) is 1. The van der Waals surface area contributed by atoms with Crippen molar-refractivity contribution in [3.63, 3.8) is 0 Å².